The SMILES string of the molecule is CC1=CC2(CCCC2)CN1c1ccc(CCc2cc(CCc3ccc(N4CC5(C=C4C)CCCC5)cc3)cc(-c3ccccc3-c3cnc(-c4cccc(-c5ccc(-c6ccccc6)cc5)c4)cc3C)c2)cc1. The number of aromatic nitrogens is 1. The lowest BCUT2D eigenvalue weighted by molar-refractivity contribution is 0.427. The van der Waals surface area contributed by atoms with Crippen molar-refractivity contribution >= 4 is 11.4 Å². The lowest BCUT2D eigenvalue weighted by Gasteiger charge is -2.26. The Hall–Kier alpha value is -7.23. The molecule has 73 heavy (non-hydrogen) atoms. The second kappa shape index (κ2) is 20.0. The van der Waals surface area contributed by atoms with Gasteiger partial charge < -0.3 is 9.80 Å². The molecule has 3 nitrogen and oxygen atoms in total. The molecule has 364 valence electrons. The van der Waals surface area contributed by atoms with Gasteiger partial charge in [-0.2, -0.15) is 0 Å². The van der Waals surface area contributed by atoms with Gasteiger partial charge in [0.15, 0.2) is 0 Å². The lowest BCUT2D eigenvalue weighted by Crippen LogP contribution is -2.26. The molecule has 0 amide bonds. The number of anilines is 2. The van der Waals surface area contributed by atoms with Crippen molar-refractivity contribution in [1.29, 1.82) is 0 Å². The molecule has 3 heteroatoms. The Kier molecular flexibility index (Phi) is 12.8. The summed E-state index contributed by atoms with van der Waals surface area (Å²) in [6, 6.07) is 65.9. The fraction of sp³-hybridized carbons (Fsp3) is 0.271. The van der Waals surface area contributed by atoms with Crippen LogP contribution in [0.25, 0.3) is 55.8 Å². The average molecular weight is 952 g/mol. The molecule has 8 aromatic rings. The number of hydrogen-bond acceptors (Lipinski definition) is 3. The molecular formula is C70H69N3. The normalized spacial score (nSPS) is 16.7. The second-order valence-electron chi connectivity index (χ2n) is 22.2. The van der Waals surface area contributed by atoms with Gasteiger partial charge in [0.25, 0.3) is 0 Å². The molecule has 0 saturated heterocycles. The van der Waals surface area contributed by atoms with Crippen molar-refractivity contribution < 1.29 is 0 Å². The van der Waals surface area contributed by atoms with Crippen LogP contribution in [-0.4, -0.2) is 18.1 Å². The predicted octanol–water partition coefficient (Wildman–Crippen LogP) is 17.9. The molecule has 3 heterocycles. The minimum absolute atomic E-state index is 0.388. The third-order valence-electron chi connectivity index (χ3n) is 17.1. The van der Waals surface area contributed by atoms with E-state index in [-0.39, 0.29) is 0 Å². The van der Waals surface area contributed by atoms with Gasteiger partial charge in [-0.3, -0.25) is 4.98 Å². The molecule has 4 aliphatic rings. The van der Waals surface area contributed by atoms with E-state index in [1.54, 1.807) is 0 Å². The van der Waals surface area contributed by atoms with E-state index in [0.29, 0.717) is 10.8 Å². The summed E-state index contributed by atoms with van der Waals surface area (Å²) in [5.74, 6) is 0. The Bertz CT molecular complexity index is 3200. The van der Waals surface area contributed by atoms with E-state index in [0.717, 1.165) is 50.0 Å². The summed E-state index contributed by atoms with van der Waals surface area (Å²) < 4.78 is 0. The molecule has 0 radical (unpaired) electrons. The molecule has 2 spiro atoms. The van der Waals surface area contributed by atoms with E-state index in [2.05, 4.69) is 225 Å². The first-order chi connectivity index (χ1) is 35.7. The Morgan fingerprint density at radius 3 is 1.40 bits per heavy atom. The van der Waals surface area contributed by atoms with Crippen LogP contribution in [0.2, 0.25) is 0 Å². The number of aryl methyl sites for hydroxylation is 5. The summed E-state index contributed by atoms with van der Waals surface area (Å²) in [5, 5.41) is 0. The van der Waals surface area contributed by atoms with Crippen LogP contribution in [0.5, 0.6) is 0 Å². The molecule has 1 aromatic heterocycles. The molecule has 0 unspecified atom stereocenters. The fourth-order valence-electron chi connectivity index (χ4n) is 13.1. The van der Waals surface area contributed by atoms with Gasteiger partial charge in [0.1, 0.15) is 0 Å². The van der Waals surface area contributed by atoms with Crippen molar-refractivity contribution in [3.05, 3.63) is 233 Å². The quantitative estimate of drug-likeness (QED) is 0.115. The molecular weight excluding hydrogens is 883 g/mol. The molecule has 2 aliphatic heterocycles. The van der Waals surface area contributed by atoms with Crippen molar-refractivity contribution in [1.82, 2.24) is 4.98 Å². The van der Waals surface area contributed by atoms with Gasteiger partial charge >= 0.3 is 0 Å². The first-order valence-corrected chi connectivity index (χ1v) is 27.3. The first-order valence-electron chi connectivity index (χ1n) is 27.3. The zero-order chi connectivity index (χ0) is 49.4. The van der Waals surface area contributed by atoms with Crippen LogP contribution in [0.1, 0.15) is 93.0 Å². The van der Waals surface area contributed by atoms with Crippen LogP contribution in [-0.2, 0) is 25.7 Å². The summed E-state index contributed by atoms with van der Waals surface area (Å²) in [6.07, 6.45) is 22.0. The summed E-state index contributed by atoms with van der Waals surface area (Å²) in [5.41, 5.74) is 24.9. The van der Waals surface area contributed by atoms with Crippen LogP contribution in [0.15, 0.2) is 206 Å². The van der Waals surface area contributed by atoms with Crippen LogP contribution in [0.4, 0.5) is 11.4 Å². The minimum Gasteiger partial charge on any atom is -0.345 e. The number of benzene rings is 7. The van der Waals surface area contributed by atoms with E-state index < -0.39 is 0 Å². The van der Waals surface area contributed by atoms with Gasteiger partial charge in [-0.1, -0.05) is 177 Å². The maximum Gasteiger partial charge on any atom is 0.0705 e. The summed E-state index contributed by atoms with van der Waals surface area (Å²) in [4.78, 5) is 10.3. The topological polar surface area (TPSA) is 19.4 Å². The molecule has 0 bridgehead atoms. The Morgan fingerprint density at radius 2 is 0.849 bits per heavy atom. The minimum atomic E-state index is 0.388. The maximum absolute atomic E-state index is 5.17. The molecule has 0 N–H and O–H groups in total. The molecule has 2 fully saturated rings. The van der Waals surface area contributed by atoms with Crippen LogP contribution >= 0.6 is 0 Å². The van der Waals surface area contributed by atoms with E-state index in [1.807, 2.05) is 0 Å². The number of hydrogen-bond donors (Lipinski definition) is 0. The maximum atomic E-state index is 5.17. The Balaban J connectivity index is 0.803. The third-order valence-corrected chi connectivity index (χ3v) is 17.1. The number of nitrogens with zero attached hydrogens (tertiary/aromatic N) is 3. The van der Waals surface area contributed by atoms with Crippen molar-refractivity contribution in [2.24, 2.45) is 10.8 Å². The van der Waals surface area contributed by atoms with E-state index in [4.69, 9.17) is 4.98 Å². The standard InChI is InChI=1S/C70H69N3/c1-50-40-68(61-17-13-16-60(44-61)59-30-28-58(29-31-59)57-14-5-4-6-15-57)71-47-67(50)66-19-8-7-18-65(66)62-42-55(22-20-53-24-32-63(33-25-53)72-48-69(45-51(72)2)36-9-10-37-69)41-56(43-62)23-21-54-26-34-64(35-27-54)73-49-70(46-52(73)3)38-11-12-39-70/h4-8,13-19,24-35,40-47H,9-12,20-23,36-39,48-49H2,1-3H3. The summed E-state index contributed by atoms with van der Waals surface area (Å²) in [7, 11) is 0. The largest absolute Gasteiger partial charge is 0.345 e. The van der Waals surface area contributed by atoms with Gasteiger partial charge in [0.05, 0.1) is 5.69 Å². The van der Waals surface area contributed by atoms with E-state index in [9.17, 15) is 0 Å². The first kappa shape index (κ1) is 46.8. The third kappa shape index (κ3) is 9.87. The van der Waals surface area contributed by atoms with Gasteiger partial charge in [-0.25, -0.2) is 0 Å². The second-order valence-corrected chi connectivity index (χ2v) is 22.2. The zero-order valence-electron chi connectivity index (χ0n) is 43.2. The van der Waals surface area contributed by atoms with Crippen molar-refractivity contribution in [3.8, 4) is 55.8 Å². The summed E-state index contributed by atoms with van der Waals surface area (Å²) in [6.45, 7) is 9.11. The highest BCUT2D eigenvalue weighted by atomic mass is 15.2. The smallest absolute Gasteiger partial charge is 0.0705 e. The predicted molar refractivity (Wildman–Crippen MR) is 308 cm³/mol. The van der Waals surface area contributed by atoms with E-state index in [1.165, 1.54) is 146 Å². The molecule has 2 aliphatic carbocycles. The molecule has 0 atom stereocenters. The highest BCUT2D eigenvalue weighted by Gasteiger charge is 2.40. The molecule has 12 rings (SSSR count). The van der Waals surface area contributed by atoms with Gasteiger partial charge in [-0.05, 0) is 175 Å². The van der Waals surface area contributed by atoms with Crippen molar-refractivity contribution in [2.45, 2.75) is 97.8 Å². The van der Waals surface area contributed by atoms with Crippen LogP contribution < -0.4 is 9.80 Å². The Labute approximate surface area is 435 Å². The van der Waals surface area contributed by atoms with Crippen molar-refractivity contribution in [2.75, 3.05) is 22.9 Å². The lowest BCUT2D eigenvalue weighted by atomic mass is 9.87. The molecule has 7 aromatic carbocycles. The number of pyridine rings is 1. The van der Waals surface area contributed by atoms with Gasteiger partial charge in [0, 0.05) is 64.0 Å². The average Bonchev–Trinajstić information content (AvgIpc) is 4.25. The molecule has 2 saturated carbocycles. The number of rotatable bonds is 13. The Morgan fingerprint density at radius 1 is 0.384 bits per heavy atom. The van der Waals surface area contributed by atoms with Gasteiger partial charge in [0.2, 0.25) is 0 Å². The number of allylic oxidation sites excluding steroid dienone is 2. The zero-order valence-corrected chi connectivity index (χ0v) is 43.2. The van der Waals surface area contributed by atoms with Gasteiger partial charge in [-0.15, -0.1) is 0 Å². The highest BCUT2D eigenvalue weighted by Crippen LogP contribution is 2.48. The monoisotopic (exact) mass is 952 g/mol. The van der Waals surface area contributed by atoms with E-state index >= 15 is 0 Å². The summed E-state index contributed by atoms with van der Waals surface area (Å²) >= 11 is 0. The van der Waals surface area contributed by atoms with Crippen LogP contribution in [0, 0.1) is 17.8 Å². The highest BCUT2D eigenvalue weighted by molar-refractivity contribution is 5.86. The van der Waals surface area contributed by atoms with Crippen LogP contribution in [0.3, 0.4) is 0 Å². The van der Waals surface area contributed by atoms with Crippen molar-refractivity contribution in [3.63, 3.8) is 0 Å². The fourth-order valence-corrected chi connectivity index (χ4v) is 13.1.